The lowest BCUT2D eigenvalue weighted by Gasteiger charge is -2.25. The minimum Gasteiger partial charge on any atom is -0.314 e. The third kappa shape index (κ3) is 0.548. The van der Waals surface area contributed by atoms with Crippen molar-refractivity contribution in [2.24, 2.45) is 0 Å². The molecule has 1 heterocycles. The van der Waals surface area contributed by atoms with E-state index in [1.807, 2.05) is 0 Å². The predicted octanol–water partition coefficient (Wildman–Crippen LogP) is 0.449. The Balaban J connectivity index is 2.01. The molecule has 0 saturated carbocycles. The second-order valence-electron chi connectivity index (χ2n) is 1.68. The molecule has 0 aromatic heterocycles. The van der Waals surface area contributed by atoms with E-state index in [0.29, 0.717) is 6.04 Å². The van der Waals surface area contributed by atoms with Crippen LogP contribution in [-0.2, 0) is 0 Å². The minimum absolute atomic E-state index is 0.644. The smallest absolute Gasteiger partial charge is 0.00820 e. The maximum atomic E-state index is 5.27. The molecule has 1 unspecified atom stereocenters. The van der Waals surface area contributed by atoms with Crippen LogP contribution in [0.4, 0.5) is 0 Å². The van der Waals surface area contributed by atoms with Gasteiger partial charge in [0.05, 0.1) is 0 Å². The maximum Gasteiger partial charge on any atom is 0.00820 e. The van der Waals surface area contributed by atoms with Crippen LogP contribution in [0, 0.1) is 6.92 Å². The first-order valence-electron chi connectivity index (χ1n) is 2.37. The molecule has 34 valence electrons. The molecule has 0 aromatic rings. The van der Waals surface area contributed by atoms with Crippen LogP contribution in [0.2, 0.25) is 0 Å². The van der Waals surface area contributed by atoms with E-state index in [-0.39, 0.29) is 0 Å². The summed E-state index contributed by atoms with van der Waals surface area (Å²) in [7, 11) is 0. The van der Waals surface area contributed by atoms with Gasteiger partial charge < -0.3 is 5.32 Å². The highest BCUT2D eigenvalue weighted by molar-refractivity contribution is 4.77. The van der Waals surface area contributed by atoms with Crippen molar-refractivity contribution in [2.75, 3.05) is 6.54 Å². The maximum absolute atomic E-state index is 5.27. The molecule has 0 aliphatic carbocycles. The van der Waals surface area contributed by atoms with Gasteiger partial charge in [-0.25, -0.2) is 0 Å². The largest absolute Gasteiger partial charge is 0.314 e. The second kappa shape index (κ2) is 1.61. The van der Waals surface area contributed by atoms with E-state index < -0.39 is 0 Å². The number of hydrogen-bond donors (Lipinski definition) is 1. The van der Waals surface area contributed by atoms with Gasteiger partial charge in [-0.3, -0.25) is 0 Å². The van der Waals surface area contributed by atoms with Gasteiger partial charge in [-0.15, -0.1) is 0 Å². The molecule has 1 nitrogen and oxygen atoms in total. The molecule has 0 amide bonds. The Morgan fingerprint density at radius 3 is 2.50 bits per heavy atom. The average molecular weight is 83.1 g/mol. The van der Waals surface area contributed by atoms with Crippen molar-refractivity contribution in [3.05, 3.63) is 6.92 Å². The summed E-state index contributed by atoms with van der Waals surface area (Å²) in [5, 5.41) is 3.17. The molecule has 2 radical (unpaired) electrons. The summed E-state index contributed by atoms with van der Waals surface area (Å²) in [5.74, 6) is 0. The Hall–Kier alpha value is -0.0400. The van der Waals surface area contributed by atoms with Crippen LogP contribution in [0.15, 0.2) is 0 Å². The Bertz CT molecular complexity index is 36.4. The fourth-order valence-corrected chi connectivity index (χ4v) is 0.550. The fraction of sp³-hybridized carbons (Fsp3) is 0.800. The fourth-order valence-electron chi connectivity index (χ4n) is 0.550. The van der Waals surface area contributed by atoms with Crippen molar-refractivity contribution in [3.63, 3.8) is 0 Å². The van der Waals surface area contributed by atoms with Crippen LogP contribution in [0.5, 0.6) is 0 Å². The Labute approximate surface area is 38.7 Å². The molecule has 1 rings (SSSR count). The van der Waals surface area contributed by atoms with Crippen molar-refractivity contribution >= 4 is 0 Å². The lowest BCUT2D eigenvalue weighted by Crippen LogP contribution is -2.42. The molecular formula is C5H9N. The summed E-state index contributed by atoms with van der Waals surface area (Å²) in [4.78, 5) is 0. The SMILES string of the molecule is [CH]CC1CCN1. The lowest BCUT2D eigenvalue weighted by atomic mass is 10.1. The summed E-state index contributed by atoms with van der Waals surface area (Å²) >= 11 is 0. The first kappa shape index (κ1) is 4.13. The summed E-state index contributed by atoms with van der Waals surface area (Å²) in [6.07, 6.45) is 2.08. The molecular weight excluding hydrogens is 74.1 g/mol. The molecule has 0 aromatic carbocycles. The molecule has 1 heteroatoms. The molecule has 1 aliphatic rings. The second-order valence-corrected chi connectivity index (χ2v) is 1.68. The van der Waals surface area contributed by atoms with Gasteiger partial charge in [0, 0.05) is 6.04 Å². The van der Waals surface area contributed by atoms with E-state index in [1.54, 1.807) is 0 Å². The van der Waals surface area contributed by atoms with Crippen molar-refractivity contribution < 1.29 is 0 Å². The summed E-state index contributed by atoms with van der Waals surface area (Å²) in [6, 6.07) is 0.644. The van der Waals surface area contributed by atoms with Crippen LogP contribution in [-0.4, -0.2) is 12.6 Å². The standard InChI is InChI=1S/C5H9N/c1-2-5-3-4-6-5/h1,5-6H,2-4H2. The molecule has 1 saturated heterocycles. The van der Waals surface area contributed by atoms with E-state index in [2.05, 4.69) is 5.32 Å². The van der Waals surface area contributed by atoms with E-state index >= 15 is 0 Å². The number of hydrogen-bond acceptors (Lipinski definition) is 1. The molecule has 1 N–H and O–H groups in total. The van der Waals surface area contributed by atoms with Crippen molar-refractivity contribution in [3.8, 4) is 0 Å². The summed E-state index contributed by atoms with van der Waals surface area (Å²) < 4.78 is 0. The normalized spacial score (nSPS) is 32.5. The predicted molar refractivity (Wildman–Crippen MR) is 25.3 cm³/mol. The molecule has 1 aliphatic heterocycles. The number of nitrogens with one attached hydrogen (secondary N) is 1. The highest BCUT2D eigenvalue weighted by Gasteiger charge is 2.11. The topological polar surface area (TPSA) is 12.0 Å². The zero-order chi connectivity index (χ0) is 4.41. The van der Waals surface area contributed by atoms with Gasteiger partial charge in [0.25, 0.3) is 0 Å². The van der Waals surface area contributed by atoms with Crippen LogP contribution in [0.25, 0.3) is 0 Å². The van der Waals surface area contributed by atoms with Gasteiger partial charge in [0.1, 0.15) is 0 Å². The van der Waals surface area contributed by atoms with Gasteiger partial charge >= 0.3 is 0 Å². The van der Waals surface area contributed by atoms with Crippen LogP contribution >= 0.6 is 0 Å². The van der Waals surface area contributed by atoms with E-state index in [9.17, 15) is 0 Å². The van der Waals surface area contributed by atoms with E-state index in [0.717, 1.165) is 6.42 Å². The zero-order valence-electron chi connectivity index (χ0n) is 3.78. The number of rotatable bonds is 1. The molecule has 0 bridgehead atoms. The monoisotopic (exact) mass is 83.1 g/mol. The minimum atomic E-state index is 0.644. The van der Waals surface area contributed by atoms with Gasteiger partial charge in [0.15, 0.2) is 0 Å². The quantitative estimate of drug-likeness (QED) is 0.485. The third-order valence-electron chi connectivity index (χ3n) is 1.21. The van der Waals surface area contributed by atoms with E-state index in [4.69, 9.17) is 6.92 Å². The van der Waals surface area contributed by atoms with Gasteiger partial charge in [0.2, 0.25) is 0 Å². The summed E-state index contributed by atoms with van der Waals surface area (Å²) in [6.45, 7) is 6.44. The van der Waals surface area contributed by atoms with E-state index in [1.165, 1.54) is 13.0 Å². The Kier molecular flexibility index (Phi) is 1.10. The average Bonchev–Trinajstić information content (AvgIpc) is 1.31. The Morgan fingerprint density at radius 1 is 1.83 bits per heavy atom. The molecule has 1 atom stereocenters. The third-order valence-corrected chi connectivity index (χ3v) is 1.21. The zero-order valence-corrected chi connectivity index (χ0v) is 3.78. The van der Waals surface area contributed by atoms with Gasteiger partial charge in [-0.2, -0.15) is 0 Å². The Morgan fingerprint density at radius 2 is 2.50 bits per heavy atom. The van der Waals surface area contributed by atoms with Crippen molar-refractivity contribution in [1.29, 1.82) is 0 Å². The van der Waals surface area contributed by atoms with Gasteiger partial charge in [-0.1, -0.05) is 0 Å². The van der Waals surface area contributed by atoms with Gasteiger partial charge in [-0.05, 0) is 26.3 Å². The first-order chi connectivity index (χ1) is 2.93. The lowest BCUT2D eigenvalue weighted by molar-refractivity contribution is 0.373. The molecule has 0 spiro atoms. The highest BCUT2D eigenvalue weighted by Crippen LogP contribution is 2.03. The first-order valence-corrected chi connectivity index (χ1v) is 2.37. The van der Waals surface area contributed by atoms with Crippen LogP contribution < -0.4 is 5.32 Å². The molecule has 1 fully saturated rings. The van der Waals surface area contributed by atoms with Crippen molar-refractivity contribution in [2.45, 2.75) is 18.9 Å². The molecule has 6 heavy (non-hydrogen) atoms. The van der Waals surface area contributed by atoms with Crippen LogP contribution in [0.3, 0.4) is 0 Å². The summed E-state index contributed by atoms with van der Waals surface area (Å²) in [5.41, 5.74) is 0. The van der Waals surface area contributed by atoms with Crippen molar-refractivity contribution in [1.82, 2.24) is 5.32 Å². The highest BCUT2D eigenvalue weighted by atomic mass is 15.0. The van der Waals surface area contributed by atoms with Crippen LogP contribution in [0.1, 0.15) is 12.8 Å².